The highest BCUT2D eigenvalue weighted by Gasteiger charge is 2.67. The number of alkyl carbamates (subject to hydrolysis) is 2. The first kappa shape index (κ1) is 73.2. The summed E-state index contributed by atoms with van der Waals surface area (Å²) in [6.45, 7) is 31.5. The Morgan fingerprint density at radius 1 is 0.579 bits per heavy atom. The van der Waals surface area contributed by atoms with E-state index in [9.17, 15) is 14.4 Å². The van der Waals surface area contributed by atoms with Crippen molar-refractivity contribution in [1.82, 2.24) is 10.6 Å². The Morgan fingerprint density at radius 3 is 1.83 bits per heavy atom. The predicted octanol–water partition coefficient (Wildman–Crippen LogP) is 15.2. The molecule has 0 spiro atoms. The minimum atomic E-state index is -0.507. The average Bonchev–Trinajstić information content (AvgIpc) is 1.55. The number of benzene rings is 3. The van der Waals surface area contributed by atoms with Gasteiger partial charge in [0.2, 0.25) is 0 Å². The van der Waals surface area contributed by atoms with E-state index >= 15 is 0 Å². The van der Waals surface area contributed by atoms with E-state index in [1.54, 1.807) is 14.0 Å². The monoisotopic (exact) mass is 1310 g/mol. The minimum Gasteiger partial charge on any atom is -0.493 e. The van der Waals surface area contributed by atoms with Crippen LogP contribution in [0.25, 0.3) is 17.2 Å². The van der Waals surface area contributed by atoms with Gasteiger partial charge in [-0.15, -0.1) is 0 Å². The van der Waals surface area contributed by atoms with Crippen molar-refractivity contribution in [2.45, 2.75) is 230 Å². The van der Waals surface area contributed by atoms with Crippen molar-refractivity contribution in [2.75, 3.05) is 60.0 Å². The number of methoxy groups -OCH3 is 1. The number of rotatable bonds is 35. The van der Waals surface area contributed by atoms with Crippen LogP contribution in [0.1, 0.15) is 186 Å². The lowest BCUT2D eigenvalue weighted by Gasteiger charge is -2.32. The topological polar surface area (TPSA) is 206 Å². The van der Waals surface area contributed by atoms with Crippen LogP contribution >= 0.6 is 0 Å². The maximum Gasteiger partial charge on any atom is 0.407 e. The molecule has 3 aliphatic carbocycles. The fourth-order valence-corrected chi connectivity index (χ4v) is 13.7. The Kier molecular flexibility index (Phi) is 26.9. The van der Waals surface area contributed by atoms with Crippen molar-refractivity contribution in [2.24, 2.45) is 23.7 Å². The highest BCUT2D eigenvalue weighted by atomic mass is 16.7. The molecule has 12 rings (SSSR count). The standard InChI is InChI=1S/C33H51NO5.C16H21NO3.C16H22O4.C13H16O3/c1-24(2)25-18-20-26(21-19-25)33(3,4)34-32(35)36-22-16-14-12-10-8-6-5-7-9-11-13-15-17-27-29(38-27)31-30(39-31)28-23-37-28;1-11(2)12-6-5-7-13(8-12)16(3,4)17-15(18)20-10-14-9-19-14;1-8(2)16(17)19-4-3-18-12-6-9-5-11(12)14-10(9)7-13-15(14)20-13;1-3-4-10-5-6-12(13(7-10)14-2)16-9-11-8-15-11/h18-21,27-31H,1,5-17,22-23H2,2-4H3,(H,34,35);5-8,14H,1,9-10H2,2-4H3,(H,17,18);9-15H,1,3-7H2,2H3;3-7,11H,8-9H2,1-2H3. The normalized spacial score (nSPS) is 27.1. The molecular weight excluding hydrogens is 1200 g/mol. The van der Waals surface area contributed by atoms with Crippen molar-refractivity contribution in [3.05, 3.63) is 126 Å². The molecule has 14 unspecified atom stereocenters. The van der Waals surface area contributed by atoms with Crippen LogP contribution in [0.5, 0.6) is 11.5 Å². The summed E-state index contributed by atoms with van der Waals surface area (Å²) in [6.07, 6.45) is 27.1. The van der Waals surface area contributed by atoms with Crippen LogP contribution in [0.4, 0.5) is 9.59 Å². The Bertz CT molecular complexity index is 3040. The van der Waals surface area contributed by atoms with E-state index in [1.165, 1.54) is 89.9 Å². The molecule has 0 aromatic heterocycles. The van der Waals surface area contributed by atoms with E-state index in [4.69, 9.17) is 56.8 Å². The lowest BCUT2D eigenvalue weighted by atomic mass is 9.79. The minimum absolute atomic E-state index is 0.0793. The molecule has 6 saturated heterocycles. The maximum absolute atomic E-state index is 12.3. The van der Waals surface area contributed by atoms with Crippen LogP contribution in [0.15, 0.2) is 98.1 Å². The van der Waals surface area contributed by atoms with Gasteiger partial charge in [-0.05, 0) is 157 Å². The molecular formula is C78H110N2O15. The number of carbonyl (C=O) groups excluding carboxylic acids is 3. The number of ether oxygens (including phenoxy) is 12. The molecule has 2 amide bonds. The molecule has 6 aliphatic heterocycles. The second kappa shape index (κ2) is 34.9. The number of allylic oxidation sites excluding steroid dienone is 3. The number of carbonyl (C=O) groups is 3. The highest BCUT2D eigenvalue weighted by Crippen LogP contribution is 2.64. The second-order valence-corrected chi connectivity index (χ2v) is 28.5. The maximum atomic E-state index is 12.3. The van der Waals surface area contributed by atoms with Gasteiger partial charge in [-0.3, -0.25) is 0 Å². The largest absolute Gasteiger partial charge is 0.493 e. The summed E-state index contributed by atoms with van der Waals surface area (Å²) in [5.74, 6) is 4.39. The van der Waals surface area contributed by atoms with Gasteiger partial charge >= 0.3 is 18.2 Å². The Hall–Kier alpha value is -6.05. The SMILES string of the molecule is C=C(C)C(=O)OCCOC1CC2CC1C1C2CC2OC21.C=C(C)c1ccc(C(C)(C)NC(=O)OCCCCCCCCCCCCCCC2OC2C2OC2C2CO2)cc1.C=C(C)c1cccc(C(C)(C)NC(=O)OCC2CO2)c1.CC=Cc1ccc(OCC2CO2)c(OC)c1. The van der Waals surface area contributed by atoms with Gasteiger partial charge in [0.15, 0.2) is 11.5 Å². The fourth-order valence-electron chi connectivity index (χ4n) is 13.7. The van der Waals surface area contributed by atoms with E-state index in [1.807, 2.05) is 127 Å². The predicted molar refractivity (Wildman–Crippen MR) is 369 cm³/mol. The van der Waals surface area contributed by atoms with E-state index in [0.29, 0.717) is 100.0 Å². The molecule has 14 atom stereocenters. The first-order valence-corrected chi connectivity index (χ1v) is 35.3. The molecule has 9 fully saturated rings. The van der Waals surface area contributed by atoms with Crippen LogP contribution in [0.2, 0.25) is 0 Å². The van der Waals surface area contributed by atoms with Crippen molar-refractivity contribution in [1.29, 1.82) is 0 Å². The van der Waals surface area contributed by atoms with Crippen molar-refractivity contribution in [3.63, 3.8) is 0 Å². The number of hydrogen-bond acceptors (Lipinski definition) is 15. The summed E-state index contributed by atoms with van der Waals surface area (Å²) in [4.78, 5) is 35.3. The Morgan fingerprint density at radius 2 is 1.21 bits per heavy atom. The molecule has 3 saturated carbocycles. The van der Waals surface area contributed by atoms with Gasteiger partial charge in [-0.2, -0.15) is 0 Å². The Labute approximate surface area is 566 Å². The van der Waals surface area contributed by atoms with Gasteiger partial charge in [-0.25, -0.2) is 14.4 Å². The second-order valence-electron chi connectivity index (χ2n) is 28.5. The fraction of sp³-hybridized carbons (Fsp3) is 0.628. The summed E-state index contributed by atoms with van der Waals surface area (Å²) in [7, 11) is 1.65. The lowest BCUT2D eigenvalue weighted by Crippen LogP contribution is -2.41. The van der Waals surface area contributed by atoms with Gasteiger partial charge < -0.3 is 67.5 Å². The number of esters is 1. The summed E-state index contributed by atoms with van der Waals surface area (Å²) < 4.78 is 65.1. The number of amides is 2. The van der Waals surface area contributed by atoms with Crippen LogP contribution in [-0.2, 0) is 63.2 Å². The molecule has 17 nitrogen and oxygen atoms in total. The van der Waals surface area contributed by atoms with E-state index in [-0.39, 0.29) is 24.3 Å². The van der Waals surface area contributed by atoms with Gasteiger partial charge in [0.25, 0.3) is 0 Å². The molecule has 6 heterocycles. The summed E-state index contributed by atoms with van der Waals surface area (Å²) in [6, 6.07) is 22.0. The molecule has 522 valence electrons. The van der Waals surface area contributed by atoms with Crippen LogP contribution in [-0.4, -0.2) is 139 Å². The zero-order valence-electron chi connectivity index (χ0n) is 58.3. The van der Waals surface area contributed by atoms with Gasteiger partial charge in [0.1, 0.15) is 56.4 Å². The summed E-state index contributed by atoms with van der Waals surface area (Å²) in [5.41, 5.74) is 6.82. The third-order valence-electron chi connectivity index (χ3n) is 19.7. The third kappa shape index (κ3) is 23.0. The van der Waals surface area contributed by atoms with Gasteiger partial charge in [0.05, 0.1) is 75.6 Å². The summed E-state index contributed by atoms with van der Waals surface area (Å²) >= 11 is 0. The van der Waals surface area contributed by atoms with E-state index in [0.717, 1.165) is 94.3 Å². The highest BCUT2D eigenvalue weighted by molar-refractivity contribution is 5.86. The zero-order chi connectivity index (χ0) is 67.7. The van der Waals surface area contributed by atoms with Crippen LogP contribution < -0.4 is 20.1 Å². The molecule has 9 aliphatic rings. The first-order valence-electron chi connectivity index (χ1n) is 35.3. The molecule has 0 radical (unpaired) electrons. The van der Waals surface area contributed by atoms with Gasteiger partial charge in [0, 0.05) is 5.57 Å². The van der Waals surface area contributed by atoms with Gasteiger partial charge in [-0.1, -0.05) is 162 Å². The molecule has 3 aromatic rings. The number of nitrogens with one attached hydrogen (secondary N) is 2. The Balaban J connectivity index is 0.000000160. The molecule has 3 aromatic carbocycles. The number of hydrogen-bond donors (Lipinski definition) is 2. The zero-order valence-corrected chi connectivity index (χ0v) is 58.3. The number of unbranched alkanes of at least 4 members (excludes halogenated alkanes) is 11. The van der Waals surface area contributed by atoms with E-state index < -0.39 is 17.2 Å². The smallest absolute Gasteiger partial charge is 0.407 e. The van der Waals surface area contributed by atoms with Crippen molar-refractivity contribution >= 4 is 35.4 Å². The lowest BCUT2D eigenvalue weighted by molar-refractivity contribution is -0.141. The first-order chi connectivity index (χ1) is 45.7. The van der Waals surface area contributed by atoms with E-state index in [2.05, 4.69) is 30.4 Å². The quantitative estimate of drug-likeness (QED) is 0.0185. The molecule has 2 bridgehead atoms. The molecule has 17 heteroatoms. The van der Waals surface area contributed by atoms with Crippen LogP contribution in [0.3, 0.4) is 0 Å². The van der Waals surface area contributed by atoms with Crippen molar-refractivity contribution < 1.29 is 71.2 Å². The summed E-state index contributed by atoms with van der Waals surface area (Å²) in [5, 5.41) is 5.87. The van der Waals surface area contributed by atoms with Crippen LogP contribution in [0, 0.1) is 23.7 Å². The number of epoxide rings is 6. The number of fused-ring (bicyclic) bond motifs is 7. The molecule has 95 heavy (non-hydrogen) atoms. The average molecular weight is 1320 g/mol. The third-order valence-corrected chi connectivity index (χ3v) is 19.7. The van der Waals surface area contributed by atoms with Crippen molar-refractivity contribution in [3.8, 4) is 11.5 Å². The molecule has 2 N–H and O–H groups in total.